The van der Waals surface area contributed by atoms with Gasteiger partial charge in [0.05, 0.1) is 19.5 Å². The van der Waals surface area contributed by atoms with E-state index >= 15 is 0 Å². The summed E-state index contributed by atoms with van der Waals surface area (Å²) in [7, 11) is -17.3. The number of aliphatic hydroxyl groups is 2. The molecule has 1 saturated heterocycles. The van der Waals surface area contributed by atoms with Crippen molar-refractivity contribution < 1.29 is 110 Å². The number of aliphatic hydroxyl groups excluding tert-OH is 2. The molecular weight excluding hydrogens is 914 g/mol. The van der Waals surface area contributed by atoms with Crippen LogP contribution in [0.3, 0.4) is 0 Å². The van der Waals surface area contributed by atoms with E-state index in [1.165, 1.54) is 52.4 Å². The molecule has 348 valence electrons. The molecule has 7 N–H and O–H groups in total. The molecule has 3 heterocycles. The number of aromatic nitrogens is 4. The summed E-state index contributed by atoms with van der Waals surface area (Å²) < 4.78 is 61.0. The van der Waals surface area contributed by atoms with Crippen molar-refractivity contribution in [1.82, 2.24) is 30.2 Å². The molecule has 0 spiro atoms. The molecule has 1 fully saturated rings. The fourth-order valence-electron chi connectivity index (χ4n) is 5.93. The standard InChI is InChI=1S/C33H58N7O17P3S.Na/c1-4-5-6-7-8-9-10-11-12-13-24(42)61-17-16-35-23(41)14-15-36-31(45)28(44)33(2,3)19-54-60(51,52)57-59(49,50)53-18-22-27(56-58(46,47)48)26(43)32(55-22)40-21-39-25-29(34)37-20-38-30(25)40;/h20-22,26-28,32,43-44H,4-19H2,1-3H3,(H,35,41)(H,36,45)(H,49,50)(H,51,52)(H2,34,37,38)(H2,46,47,48);/q;+1/p-3. The van der Waals surface area contributed by atoms with Gasteiger partial charge in [-0.25, -0.2) is 19.3 Å². The monoisotopic (exact) mass is 969 g/mol. The summed E-state index contributed by atoms with van der Waals surface area (Å²) in [6, 6.07) is 0. The van der Waals surface area contributed by atoms with Gasteiger partial charge in [0.2, 0.25) is 11.8 Å². The number of anilines is 1. The van der Waals surface area contributed by atoms with Crippen molar-refractivity contribution in [3.8, 4) is 0 Å². The summed E-state index contributed by atoms with van der Waals surface area (Å²) in [5, 5.41) is 26.4. The number of unbranched alkanes of at least 4 members (excludes halogenated alkanes) is 8. The van der Waals surface area contributed by atoms with Crippen molar-refractivity contribution in [2.45, 2.75) is 122 Å². The molecule has 8 unspecified atom stereocenters. The van der Waals surface area contributed by atoms with E-state index in [9.17, 15) is 57.9 Å². The molecule has 2 amide bonds. The van der Waals surface area contributed by atoms with Gasteiger partial charge in [0.1, 0.15) is 36.3 Å². The average molecular weight is 970 g/mol. The predicted octanol–water partition coefficient (Wildman–Crippen LogP) is -2.31. The van der Waals surface area contributed by atoms with Crippen LogP contribution in [0, 0.1) is 5.41 Å². The van der Waals surface area contributed by atoms with Crippen LogP contribution in [0.5, 0.6) is 0 Å². The van der Waals surface area contributed by atoms with Gasteiger partial charge >= 0.3 is 29.6 Å². The number of thioether (sulfide) groups is 1. The number of nitrogens with two attached hydrogens (primary N) is 1. The van der Waals surface area contributed by atoms with Crippen molar-refractivity contribution in [2.75, 3.05) is 37.8 Å². The molecule has 62 heavy (non-hydrogen) atoms. The van der Waals surface area contributed by atoms with Crippen LogP contribution in [-0.2, 0) is 50.7 Å². The number of phosphoric ester groups is 3. The first-order chi connectivity index (χ1) is 28.6. The molecule has 24 nitrogen and oxygen atoms in total. The minimum absolute atomic E-state index is 0. The molecule has 3 rings (SSSR count). The van der Waals surface area contributed by atoms with Crippen LogP contribution in [0.25, 0.3) is 11.2 Å². The summed E-state index contributed by atoms with van der Waals surface area (Å²) in [5.41, 5.74) is 4.13. The fourth-order valence-corrected chi connectivity index (χ4v) is 9.39. The second-order valence-electron chi connectivity index (χ2n) is 14.8. The Morgan fingerprint density at radius 2 is 1.60 bits per heavy atom. The Labute approximate surface area is 385 Å². The van der Waals surface area contributed by atoms with Crippen LogP contribution in [0.15, 0.2) is 12.7 Å². The quantitative estimate of drug-likeness (QED) is 0.0283. The first-order valence-electron chi connectivity index (χ1n) is 19.5. The SMILES string of the molecule is CCCCCCCCCCCC(=O)SCCNC(=O)CCNC(=O)C(O)C(C)(C)COP(=O)([O-])OP(=O)([O-])OCC1OC(n2cnc3c(N)ncnc32)C(O)C1OP(=O)([O-])O.[Na+]. The van der Waals surface area contributed by atoms with E-state index < -0.39 is 84.6 Å². The third-order valence-electron chi connectivity index (χ3n) is 9.23. The number of amides is 2. The van der Waals surface area contributed by atoms with Crippen molar-refractivity contribution in [3.05, 3.63) is 12.7 Å². The summed E-state index contributed by atoms with van der Waals surface area (Å²) in [6.45, 7) is 2.41. The van der Waals surface area contributed by atoms with Crippen LogP contribution < -0.4 is 60.6 Å². The van der Waals surface area contributed by atoms with Gasteiger partial charge in [0.15, 0.2) is 22.8 Å². The minimum atomic E-state index is -5.90. The van der Waals surface area contributed by atoms with Gasteiger partial charge in [-0.3, -0.25) is 32.6 Å². The Balaban J connectivity index is 0.0000132. The molecule has 8 atom stereocenters. The zero-order valence-corrected chi connectivity index (χ0v) is 40.5. The van der Waals surface area contributed by atoms with E-state index in [0.29, 0.717) is 12.2 Å². The summed E-state index contributed by atoms with van der Waals surface area (Å²) >= 11 is 1.14. The molecule has 0 saturated carbocycles. The first kappa shape index (κ1) is 56.7. The maximum Gasteiger partial charge on any atom is 1.00 e. The van der Waals surface area contributed by atoms with Crippen molar-refractivity contribution in [2.24, 2.45) is 5.41 Å². The molecule has 0 radical (unpaired) electrons. The Morgan fingerprint density at radius 1 is 0.968 bits per heavy atom. The number of hydrogen-bond donors (Lipinski definition) is 6. The van der Waals surface area contributed by atoms with Crippen LogP contribution in [0.1, 0.15) is 97.6 Å². The number of fused-ring (bicyclic) bond motifs is 1. The predicted molar refractivity (Wildman–Crippen MR) is 212 cm³/mol. The third-order valence-corrected chi connectivity index (χ3v) is 13.2. The van der Waals surface area contributed by atoms with Gasteiger partial charge < -0.3 is 64.5 Å². The van der Waals surface area contributed by atoms with Crippen LogP contribution in [0.4, 0.5) is 5.82 Å². The molecule has 0 aromatic carbocycles. The Morgan fingerprint density at radius 3 is 2.24 bits per heavy atom. The maximum absolute atomic E-state index is 12.6. The van der Waals surface area contributed by atoms with Crippen molar-refractivity contribution in [3.63, 3.8) is 0 Å². The Bertz CT molecular complexity index is 1900. The van der Waals surface area contributed by atoms with Gasteiger partial charge in [-0.15, -0.1) is 0 Å². The number of nitrogens with zero attached hydrogens (tertiary/aromatic N) is 4. The van der Waals surface area contributed by atoms with E-state index in [1.807, 2.05) is 0 Å². The number of ether oxygens (including phenoxy) is 1. The molecule has 29 heteroatoms. The van der Waals surface area contributed by atoms with Gasteiger partial charge in [-0.05, 0) is 6.42 Å². The molecule has 1 aliphatic rings. The summed E-state index contributed by atoms with van der Waals surface area (Å²) in [5.74, 6) is -1.11. The van der Waals surface area contributed by atoms with Gasteiger partial charge in [-0.1, -0.05) is 83.9 Å². The van der Waals surface area contributed by atoms with Gasteiger partial charge in [-0.2, -0.15) is 0 Å². The first-order valence-corrected chi connectivity index (χ1v) is 25.0. The molecular formula is C33H55N7NaO17P3S-2. The molecule has 2 aromatic rings. The van der Waals surface area contributed by atoms with E-state index in [4.69, 9.17) is 10.5 Å². The van der Waals surface area contributed by atoms with Gasteiger partial charge in [0, 0.05) is 37.1 Å². The number of imidazole rings is 1. The smallest absolute Gasteiger partial charge is 0.756 e. The molecule has 2 aromatic heterocycles. The number of carbonyl (C=O) groups excluding carboxylic acids is 3. The summed E-state index contributed by atoms with van der Waals surface area (Å²) in [6.07, 6.45) is 3.50. The zero-order chi connectivity index (χ0) is 45.4. The van der Waals surface area contributed by atoms with E-state index in [-0.39, 0.29) is 71.2 Å². The topological polar surface area (TPSA) is 372 Å². The third kappa shape index (κ3) is 19.6. The number of hydrogen-bond acceptors (Lipinski definition) is 21. The zero-order valence-electron chi connectivity index (χ0n) is 35.0. The second-order valence-corrected chi connectivity index (χ2v) is 20.1. The van der Waals surface area contributed by atoms with E-state index in [2.05, 4.69) is 50.4 Å². The van der Waals surface area contributed by atoms with Crippen LogP contribution >= 0.6 is 35.2 Å². The Kier molecular flexibility index (Phi) is 24.4. The maximum atomic E-state index is 12.6. The van der Waals surface area contributed by atoms with Gasteiger partial charge in [0.25, 0.3) is 23.5 Å². The number of rotatable bonds is 29. The van der Waals surface area contributed by atoms with E-state index in [1.54, 1.807) is 0 Å². The van der Waals surface area contributed by atoms with Crippen molar-refractivity contribution in [1.29, 1.82) is 0 Å². The van der Waals surface area contributed by atoms with E-state index in [0.717, 1.165) is 48.2 Å². The summed E-state index contributed by atoms with van der Waals surface area (Å²) in [4.78, 5) is 94.5. The molecule has 0 aliphatic carbocycles. The normalized spacial score (nSPS) is 21.3. The minimum Gasteiger partial charge on any atom is -0.756 e. The second kappa shape index (κ2) is 26.6. The Hall–Kier alpha value is -1.44. The average Bonchev–Trinajstić information content (AvgIpc) is 3.73. The van der Waals surface area contributed by atoms with Crippen LogP contribution in [-0.4, -0.2) is 108 Å². The van der Waals surface area contributed by atoms with Crippen molar-refractivity contribution >= 4 is 69.1 Å². The number of carbonyl (C=O) groups is 3. The number of phosphoric acid groups is 3. The molecule has 1 aliphatic heterocycles. The molecule has 0 bridgehead atoms. The number of nitrogens with one attached hydrogen (secondary N) is 2. The number of nitrogen functional groups attached to an aromatic ring is 1. The van der Waals surface area contributed by atoms with Crippen LogP contribution in [0.2, 0.25) is 0 Å². The fraction of sp³-hybridized carbons (Fsp3) is 0.758. The largest absolute Gasteiger partial charge is 1.00 e.